The van der Waals surface area contributed by atoms with Gasteiger partial charge in [0.05, 0.1) is 23.6 Å². The Balaban J connectivity index is 2.17. The van der Waals surface area contributed by atoms with Crippen LogP contribution in [0.3, 0.4) is 0 Å². The molecule has 1 aliphatic heterocycles. The lowest BCUT2D eigenvalue weighted by molar-refractivity contribution is -0.117. The summed E-state index contributed by atoms with van der Waals surface area (Å²) in [6, 6.07) is 0. The Labute approximate surface area is 117 Å². The number of thioether (sulfide) groups is 1. The van der Waals surface area contributed by atoms with Gasteiger partial charge >= 0.3 is 0 Å². The predicted molar refractivity (Wildman–Crippen MR) is 75.2 cm³/mol. The summed E-state index contributed by atoms with van der Waals surface area (Å²) in [6.07, 6.45) is 2.47. The Hall–Kier alpha value is -1.01. The molecule has 1 aromatic heterocycles. The molecule has 2 atom stereocenters. The molecule has 0 radical (unpaired) electrons. The quantitative estimate of drug-likeness (QED) is 0.834. The van der Waals surface area contributed by atoms with Crippen LogP contribution in [0.4, 0.5) is 0 Å². The third-order valence-corrected chi connectivity index (χ3v) is 4.62. The number of carbonyl (C=O) groups is 1. The number of ether oxygens (including phenoxy) is 1. The van der Waals surface area contributed by atoms with Crippen LogP contribution in [0.5, 0.6) is 0 Å². The Morgan fingerprint density at radius 1 is 1.63 bits per heavy atom. The van der Waals surface area contributed by atoms with Crippen molar-refractivity contribution in [2.24, 2.45) is 5.73 Å². The van der Waals surface area contributed by atoms with E-state index >= 15 is 0 Å². The molecule has 5 nitrogen and oxygen atoms in total. The average molecular weight is 283 g/mol. The minimum absolute atomic E-state index is 0.260. The van der Waals surface area contributed by atoms with Crippen molar-refractivity contribution in [2.75, 3.05) is 6.61 Å². The number of nitrogens with two attached hydrogens (primary N) is 1. The van der Waals surface area contributed by atoms with Crippen molar-refractivity contribution >= 4 is 17.7 Å². The van der Waals surface area contributed by atoms with Gasteiger partial charge in [0, 0.05) is 12.3 Å². The molecule has 0 saturated carbocycles. The molecule has 2 rings (SSSR count). The summed E-state index contributed by atoms with van der Waals surface area (Å²) >= 11 is 1.42. The minimum atomic E-state index is -0.313. The molecule has 0 bridgehead atoms. The van der Waals surface area contributed by atoms with Gasteiger partial charge in [-0.05, 0) is 33.6 Å². The average Bonchev–Trinajstić information content (AvgIpc) is 2.94. The topological polar surface area (TPSA) is 70.1 Å². The summed E-state index contributed by atoms with van der Waals surface area (Å²) in [6.45, 7) is 7.50. The first-order valence-electron chi connectivity index (χ1n) is 6.60. The van der Waals surface area contributed by atoms with Gasteiger partial charge in [-0.2, -0.15) is 0 Å². The lowest BCUT2D eigenvalue weighted by Gasteiger charge is -2.15. The van der Waals surface area contributed by atoms with Crippen LogP contribution >= 0.6 is 11.8 Å². The van der Waals surface area contributed by atoms with Crippen molar-refractivity contribution in [3.05, 3.63) is 11.4 Å². The molecule has 1 aliphatic rings. The van der Waals surface area contributed by atoms with Gasteiger partial charge in [0.25, 0.3) is 0 Å². The van der Waals surface area contributed by atoms with E-state index in [1.807, 2.05) is 13.8 Å². The standard InChI is InChI=1S/C13H21N3O2S/c1-8-9(2)16(7-11-5-4-6-18-11)13(15-8)19-10(3)12(14)17/h10-11H,4-7H2,1-3H3,(H2,14,17)/t10-,11+/m1/s1. The summed E-state index contributed by atoms with van der Waals surface area (Å²) in [4.78, 5) is 15.7. The molecular formula is C13H21N3O2S. The number of aromatic nitrogens is 2. The SMILES string of the molecule is Cc1nc(S[C@H](C)C(N)=O)n(C[C@@H]2CCCO2)c1C. The molecule has 1 saturated heterocycles. The maximum Gasteiger partial charge on any atom is 0.230 e. The number of nitrogens with zero attached hydrogens (tertiary/aromatic N) is 2. The van der Waals surface area contributed by atoms with Crippen molar-refractivity contribution < 1.29 is 9.53 Å². The maximum atomic E-state index is 11.2. The second-order valence-electron chi connectivity index (χ2n) is 4.97. The highest BCUT2D eigenvalue weighted by molar-refractivity contribution is 8.00. The molecular weight excluding hydrogens is 262 g/mol. The lowest BCUT2D eigenvalue weighted by Crippen LogP contribution is -2.24. The molecule has 0 spiro atoms. The van der Waals surface area contributed by atoms with Crippen LogP contribution < -0.4 is 5.73 Å². The third kappa shape index (κ3) is 3.30. The zero-order valence-electron chi connectivity index (χ0n) is 11.7. The monoisotopic (exact) mass is 283 g/mol. The van der Waals surface area contributed by atoms with E-state index < -0.39 is 0 Å². The zero-order chi connectivity index (χ0) is 14.0. The Bertz CT molecular complexity index is 467. The van der Waals surface area contributed by atoms with E-state index in [1.54, 1.807) is 0 Å². The van der Waals surface area contributed by atoms with Crippen LogP contribution in [-0.2, 0) is 16.1 Å². The van der Waals surface area contributed by atoms with Crippen LogP contribution in [-0.4, -0.2) is 33.4 Å². The normalized spacial score (nSPS) is 20.7. The molecule has 1 amide bonds. The zero-order valence-corrected chi connectivity index (χ0v) is 12.5. The highest BCUT2D eigenvalue weighted by atomic mass is 32.2. The van der Waals surface area contributed by atoms with Crippen LogP contribution in [0, 0.1) is 13.8 Å². The Morgan fingerprint density at radius 3 is 2.95 bits per heavy atom. The smallest absolute Gasteiger partial charge is 0.230 e. The molecule has 1 aromatic rings. The predicted octanol–water partition coefficient (Wildman–Crippen LogP) is 1.64. The van der Waals surface area contributed by atoms with Crippen molar-refractivity contribution in [2.45, 2.75) is 56.7 Å². The second-order valence-corrected chi connectivity index (χ2v) is 6.28. The van der Waals surface area contributed by atoms with Crippen molar-refractivity contribution in [1.82, 2.24) is 9.55 Å². The third-order valence-electron chi connectivity index (χ3n) is 3.52. The van der Waals surface area contributed by atoms with E-state index in [2.05, 4.69) is 16.5 Å². The minimum Gasteiger partial charge on any atom is -0.376 e. The van der Waals surface area contributed by atoms with Gasteiger partial charge in [-0.1, -0.05) is 11.8 Å². The Kier molecular flexibility index (Phi) is 4.52. The Morgan fingerprint density at radius 2 is 2.37 bits per heavy atom. The number of hydrogen-bond donors (Lipinski definition) is 1. The van der Waals surface area contributed by atoms with Gasteiger partial charge in [-0.3, -0.25) is 4.79 Å². The van der Waals surface area contributed by atoms with Crippen LogP contribution in [0.2, 0.25) is 0 Å². The van der Waals surface area contributed by atoms with E-state index in [1.165, 1.54) is 11.8 Å². The first kappa shape index (κ1) is 14.4. The van der Waals surface area contributed by atoms with Crippen molar-refractivity contribution in [3.8, 4) is 0 Å². The van der Waals surface area contributed by atoms with Gasteiger partial charge < -0.3 is 15.0 Å². The first-order valence-corrected chi connectivity index (χ1v) is 7.48. The van der Waals surface area contributed by atoms with E-state index in [0.717, 1.165) is 42.5 Å². The first-order chi connectivity index (χ1) is 8.99. The number of rotatable bonds is 5. The van der Waals surface area contributed by atoms with Gasteiger partial charge in [0.15, 0.2) is 5.16 Å². The summed E-state index contributed by atoms with van der Waals surface area (Å²) < 4.78 is 7.83. The number of imidazole rings is 1. The number of aryl methyl sites for hydroxylation is 1. The molecule has 0 aromatic carbocycles. The highest BCUT2D eigenvalue weighted by Gasteiger charge is 2.22. The van der Waals surface area contributed by atoms with Crippen molar-refractivity contribution in [3.63, 3.8) is 0 Å². The van der Waals surface area contributed by atoms with E-state index in [9.17, 15) is 4.79 Å². The molecule has 19 heavy (non-hydrogen) atoms. The fraction of sp³-hybridized carbons (Fsp3) is 0.692. The highest BCUT2D eigenvalue weighted by Crippen LogP contribution is 2.26. The van der Waals surface area contributed by atoms with E-state index in [0.29, 0.717) is 0 Å². The molecule has 106 valence electrons. The summed E-state index contributed by atoms with van der Waals surface area (Å²) in [5.74, 6) is -0.313. The van der Waals surface area contributed by atoms with Crippen LogP contribution in [0.25, 0.3) is 0 Å². The largest absolute Gasteiger partial charge is 0.376 e. The second kappa shape index (κ2) is 5.96. The number of amides is 1. The number of primary amides is 1. The maximum absolute atomic E-state index is 11.2. The molecule has 0 aliphatic carbocycles. The van der Waals surface area contributed by atoms with Crippen molar-refractivity contribution in [1.29, 1.82) is 0 Å². The van der Waals surface area contributed by atoms with Crippen LogP contribution in [0.15, 0.2) is 5.16 Å². The summed E-state index contributed by atoms with van der Waals surface area (Å²) in [5, 5.41) is 0.584. The summed E-state index contributed by atoms with van der Waals surface area (Å²) in [7, 11) is 0. The van der Waals surface area contributed by atoms with Gasteiger partial charge in [-0.15, -0.1) is 0 Å². The molecule has 2 heterocycles. The van der Waals surface area contributed by atoms with Gasteiger partial charge in [0.2, 0.25) is 5.91 Å². The lowest BCUT2D eigenvalue weighted by atomic mass is 10.2. The van der Waals surface area contributed by atoms with E-state index in [4.69, 9.17) is 10.5 Å². The fourth-order valence-corrected chi connectivity index (χ4v) is 3.10. The molecule has 1 fully saturated rings. The number of hydrogen-bond acceptors (Lipinski definition) is 4. The van der Waals surface area contributed by atoms with E-state index in [-0.39, 0.29) is 17.3 Å². The van der Waals surface area contributed by atoms with Crippen LogP contribution in [0.1, 0.15) is 31.2 Å². The fourth-order valence-electron chi connectivity index (χ4n) is 2.14. The molecule has 6 heteroatoms. The molecule has 0 unspecified atom stereocenters. The van der Waals surface area contributed by atoms with Gasteiger partial charge in [-0.25, -0.2) is 4.98 Å². The summed E-state index contributed by atoms with van der Waals surface area (Å²) in [5.41, 5.74) is 7.45. The number of carbonyl (C=O) groups excluding carboxylic acids is 1. The van der Waals surface area contributed by atoms with Gasteiger partial charge in [0.1, 0.15) is 0 Å². The molecule has 2 N–H and O–H groups in total.